The summed E-state index contributed by atoms with van der Waals surface area (Å²) >= 11 is 0. The number of nitrogens with zero attached hydrogens (tertiary/aromatic N) is 5. The lowest BCUT2D eigenvalue weighted by Crippen LogP contribution is -2.42. The van der Waals surface area contributed by atoms with E-state index < -0.39 is 0 Å². The molecule has 5 heterocycles. The summed E-state index contributed by atoms with van der Waals surface area (Å²) in [5.41, 5.74) is 11.3. The first-order valence-electron chi connectivity index (χ1n) is 12.4. The van der Waals surface area contributed by atoms with E-state index in [2.05, 4.69) is 26.3 Å². The fourth-order valence-electron chi connectivity index (χ4n) is 6.04. The lowest BCUT2D eigenvalue weighted by Gasteiger charge is -2.38. The number of imidazole rings is 1. The summed E-state index contributed by atoms with van der Waals surface area (Å²) in [4.78, 5) is 21.6. The standard InChI is InChI=1S/C26H30N6O2.CH4/c27-14-20-19-9-10-30(15-18-4-3-13-34-18)16-21(19)26(31-11-7-17(8-12-31)24(28)33)32-23-6-2-1-5-22(23)29-25(20)32;/h1-2,5-6,17-18H,3-4,7-13,15-16H2,(H2,28,33);1H4. The average Bonchev–Trinajstić information content (AvgIpc) is 3.50. The highest BCUT2D eigenvalue weighted by Crippen LogP contribution is 2.38. The van der Waals surface area contributed by atoms with Crippen LogP contribution in [0.15, 0.2) is 24.3 Å². The van der Waals surface area contributed by atoms with Crippen molar-refractivity contribution in [3.63, 3.8) is 0 Å². The highest BCUT2D eigenvalue weighted by molar-refractivity contribution is 5.86. The van der Waals surface area contributed by atoms with Crippen molar-refractivity contribution >= 4 is 28.4 Å². The Labute approximate surface area is 206 Å². The number of hydrogen-bond acceptors (Lipinski definition) is 6. The number of nitrogens with two attached hydrogens (primary N) is 1. The summed E-state index contributed by atoms with van der Waals surface area (Å²) < 4.78 is 8.11. The van der Waals surface area contributed by atoms with Gasteiger partial charge in [-0.3, -0.25) is 14.1 Å². The van der Waals surface area contributed by atoms with Gasteiger partial charge in [-0.1, -0.05) is 19.6 Å². The van der Waals surface area contributed by atoms with E-state index in [1.807, 2.05) is 18.2 Å². The first kappa shape index (κ1) is 23.6. The van der Waals surface area contributed by atoms with Gasteiger partial charge in [0.2, 0.25) is 5.91 Å². The molecule has 0 radical (unpaired) electrons. The predicted molar refractivity (Wildman–Crippen MR) is 136 cm³/mol. The number of rotatable bonds is 4. The second-order valence-electron chi connectivity index (χ2n) is 9.81. The van der Waals surface area contributed by atoms with Crippen LogP contribution in [-0.2, 0) is 22.5 Å². The van der Waals surface area contributed by atoms with Gasteiger partial charge in [0.05, 0.1) is 22.7 Å². The number of carbonyl (C=O) groups excluding carboxylic acids is 1. The van der Waals surface area contributed by atoms with Crippen LogP contribution in [0.2, 0.25) is 0 Å². The van der Waals surface area contributed by atoms with E-state index in [1.54, 1.807) is 0 Å². The van der Waals surface area contributed by atoms with Crippen LogP contribution in [0.4, 0.5) is 5.82 Å². The molecule has 2 fully saturated rings. The molecular weight excluding hydrogens is 440 g/mol. The Morgan fingerprint density at radius 1 is 1.17 bits per heavy atom. The molecule has 1 amide bonds. The van der Waals surface area contributed by atoms with E-state index in [0.29, 0.717) is 11.7 Å². The average molecular weight is 475 g/mol. The summed E-state index contributed by atoms with van der Waals surface area (Å²) in [6.07, 6.45) is 4.87. The van der Waals surface area contributed by atoms with Crippen molar-refractivity contribution in [2.45, 2.75) is 52.2 Å². The SMILES string of the molecule is C.N#Cc1c2c(c(N3CCC(C(N)=O)CC3)n3c1nc1ccccc13)CN(CC1CCCO1)CC2. The number of anilines is 1. The molecule has 0 saturated carbocycles. The summed E-state index contributed by atoms with van der Waals surface area (Å²) in [5, 5.41) is 10.2. The third kappa shape index (κ3) is 4.03. The van der Waals surface area contributed by atoms with E-state index in [4.69, 9.17) is 15.5 Å². The van der Waals surface area contributed by atoms with Crippen LogP contribution >= 0.6 is 0 Å². The molecule has 1 aromatic carbocycles. The third-order valence-electron chi connectivity index (χ3n) is 7.79. The van der Waals surface area contributed by atoms with Crippen molar-refractivity contribution in [2.24, 2.45) is 11.7 Å². The molecule has 0 spiro atoms. The van der Waals surface area contributed by atoms with Gasteiger partial charge < -0.3 is 15.4 Å². The highest BCUT2D eigenvalue weighted by Gasteiger charge is 2.33. The summed E-state index contributed by atoms with van der Waals surface area (Å²) in [5.74, 6) is 0.844. The normalized spacial score (nSPS) is 21.1. The molecular formula is C27H34N6O2. The van der Waals surface area contributed by atoms with Crippen molar-refractivity contribution in [2.75, 3.05) is 37.7 Å². The van der Waals surface area contributed by atoms with E-state index in [0.717, 1.165) is 99.5 Å². The maximum atomic E-state index is 11.8. The molecule has 3 aliphatic rings. The Balaban J connectivity index is 0.00000253. The van der Waals surface area contributed by atoms with Crippen LogP contribution < -0.4 is 10.6 Å². The molecule has 8 heteroatoms. The van der Waals surface area contributed by atoms with Crippen molar-refractivity contribution in [1.82, 2.24) is 14.3 Å². The molecule has 3 aliphatic heterocycles. The number of fused-ring (bicyclic) bond motifs is 4. The highest BCUT2D eigenvalue weighted by atomic mass is 16.5. The Morgan fingerprint density at radius 2 is 1.97 bits per heavy atom. The van der Waals surface area contributed by atoms with Gasteiger partial charge >= 0.3 is 0 Å². The third-order valence-corrected chi connectivity index (χ3v) is 7.79. The van der Waals surface area contributed by atoms with Crippen LogP contribution in [0.3, 0.4) is 0 Å². The number of hydrogen-bond donors (Lipinski definition) is 1. The minimum atomic E-state index is -0.206. The number of aromatic nitrogens is 2. The number of primary amides is 1. The van der Waals surface area contributed by atoms with E-state index in [9.17, 15) is 10.1 Å². The Hall–Kier alpha value is -3.15. The monoisotopic (exact) mass is 474 g/mol. The maximum absolute atomic E-state index is 11.8. The van der Waals surface area contributed by atoms with Gasteiger partial charge in [-0.15, -0.1) is 0 Å². The summed E-state index contributed by atoms with van der Waals surface area (Å²) in [7, 11) is 0. The minimum absolute atomic E-state index is 0. The molecule has 184 valence electrons. The van der Waals surface area contributed by atoms with E-state index in [-0.39, 0.29) is 19.3 Å². The van der Waals surface area contributed by atoms with Crippen molar-refractivity contribution < 1.29 is 9.53 Å². The summed E-state index contributed by atoms with van der Waals surface area (Å²) in [6, 6.07) is 10.6. The van der Waals surface area contributed by atoms with Crippen LogP contribution in [0, 0.1) is 17.2 Å². The molecule has 2 N–H and O–H groups in total. The molecule has 3 aromatic rings. The Morgan fingerprint density at radius 3 is 2.69 bits per heavy atom. The molecule has 8 nitrogen and oxygen atoms in total. The Bertz CT molecular complexity index is 1290. The molecule has 2 aromatic heterocycles. The zero-order chi connectivity index (χ0) is 23.2. The second-order valence-corrected chi connectivity index (χ2v) is 9.81. The lowest BCUT2D eigenvalue weighted by molar-refractivity contribution is -0.122. The first-order valence-corrected chi connectivity index (χ1v) is 12.4. The molecule has 35 heavy (non-hydrogen) atoms. The smallest absolute Gasteiger partial charge is 0.220 e. The van der Waals surface area contributed by atoms with Gasteiger partial charge in [0, 0.05) is 50.8 Å². The van der Waals surface area contributed by atoms with Gasteiger partial charge in [0.15, 0.2) is 5.65 Å². The number of benzene rings is 1. The fourth-order valence-corrected chi connectivity index (χ4v) is 6.04. The fraction of sp³-hybridized carbons (Fsp3) is 0.519. The van der Waals surface area contributed by atoms with Crippen LogP contribution in [-0.4, -0.2) is 59.1 Å². The number of pyridine rings is 1. The van der Waals surface area contributed by atoms with E-state index in [1.165, 1.54) is 5.56 Å². The second kappa shape index (κ2) is 9.48. The van der Waals surface area contributed by atoms with Crippen molar-refractivity contribution in [3.05, 3.63) is 41.0 Å². The van der Waals surface area contributed by atoms with Gasteiger partial charge in [-0.2, -0.15) is 5.26 Å². The van der Waals surface area contributed by atoms with E-state index >= 15 is 0 Å². The zero-order valence-electron chi connectivity index (χ0n) is 19.4. The van der Waals surface area contributed by atoms with Gasteiger partial charge in [-0.25, -0.2) is 4.98 Å². The minimum Gasteiger partial charge on any atom is -0.377 e. The van der Waals surface area contributed by atoms with Crippen molar-refractivity contribution in [1.29, 1.82) is 5.26 Å². The molecule has 0 aliphatic carbocycles. The number of para-hydroxylation sites is 2. The molecule has 2 saturated heterocycles. The number of piperidine rings is 1. The van der Waals surface area contributed by atoms with Crippen LogP contribution in [0.25, 0.3) is 16.7 Å². The van der Waals surface area contributed by atoms with Crippen LogP contribution in [0.1, 0.15) is 49.8 Å². The molecule has 0 bridgehead atoms. The number of carbonyl (C=O) groups is 1. The van der Waals surface area contributed by atoms with Gasteiger partial charge in [0.25, 0.3) is 0 Å². The Kier molecular flexibility index (Phi) is 6.39. The molecule has 6 rings (SSSR count). The first-order chi connectivity index (χ1) is 16.6. The predicted octanol–water partition coefficient (Wildman–Crippen LogP) is 3.23. The van der Waals surface area contributed by atoms with Crippen molar-refractivity contribution in [3.8, 4) is 6.07 Å². The largest absolute Gasteiger partial charge is 0.377 e. The lowest BCUT2D eigenvalue weighted by atomic mass is 9.92. The maximum Gasteiger partial charge on any atom is 0.220 e. The molecule has 1 atom stereocenters. The zero-order valence-corrected chi connectivity index (χ0v) is 19.4. The topological polar surface area (TPSA) is 99.9 Å². The number of amides is 1. The van der Waals surface area contributed by atoms with Gasteiger partial charge in [-0.05, 0) is 49.8 Å². The van der Waals surface area contributed by atoms with Gasteiger partial charge in [0.1, 0.15) is 11.9 Å². The quantitative estimate of drug-likeness (QED) is 0.623. The number of nitriles is 1. The molecule has 1 unspecified atom stereocenters. The number of ether oxygens (including phenoxy) is 1. The summed E-state index contributed by atoms with van der Waals surface area (Å²) in [6.45, 7) is 5.01. The van der Waals surface area contributed by atoms with Crippen LogP contribution in [0.5, 0.6) is 0 Å².